The summed E-state index contributed by atoms with van der Waals surface area (Å²) in [4.78, 5) is 19.3. The second-order valence-electron chi connectivity index (χ2n) is 3.71. The molecule has 0 bridgehead atoms. The molecule has 0 spiro atoms. The molecule has 0 saturated heterocycles. The number of carbonyl (C=O) groups excluding carboxylic acids is 1. The van der Waals surface area contributed by atoms with Gasteiger partial charge in [-0.2, -0.15) is 0 Å². The molecule has 0 atom stereocenters. The van der Waals surface area contributed by atoms with Crippen molar-refractivity contribution in [3.8, 4) is 0 Å². The van der Waals surface area contributed by atoms with E-state index in [0.29, 0.717) is 15.6 Å². The van der Waals surface area contributed by atoms with Crippen LogP contribution in [0.4, 0.5) is 0 Å². The Morgan fingerprint density at radius 3 is 2.89 bits per heavy atom. The summed E-state index contributed by atoms with van der Waals surface area (Å²) in [5, 5.41) is 6.99. The first-order chi connectivity index (χ1) is 9.10. The van der Waals surface area contributed by atoms with Gasteiger partial charge in [0.1, 0.15) is 6.61 Å². The average Bonchev–Trinajstić information content (AvgIpc) is 2.40. The Hall–Kier alpha value is -1.85. The fourth-order valence-electron chi connectivity index (χ4n) is 1.27. The van der Waals surface area contributed by atoms with Crippen molar-refractivity contribution in [1.29, 1.82) is 0 Å². The zero-order valence-corrected chi connectivity index (χ0v) is 12.2. The molecule has 0 saturated carbocycles. The van der Waals surface area contributed by atoms with Gasteiger partial charge < -0.3 is 4.84 Å². The number of amides is 1. The summed E-state index contributed by atoms with van der Waals surface area (Å²) in [5.74, 6) is -0.640. The molecule has 1 rings (SSSR count). The smallest absolute Gasteiger partial charge is 0.249 e. The van der Waals surface area contributed by atoms with Crippen LogP contribution in [0.3, 0.4) is 0 Å². The lowest BCUT2D eigenvalue weighted by Gasteiger charge is -2.08. The second kappa shape index (κ2) is 7.56. The number of rotatable bonds is 5. The van der Waals surface area contributed by atoms with Crippen molar-refractivity contribution in [2.45, 2.75) is 26.9 Å². The first-order valence-electron chi connectivity index (χ1n) is 5.62. The van der Waals surface area contributed by atoms with E-state index >= 15 is 0 Å². The standard InChI is InChI=1S/C12H13BrN4O2/c1-3-8(2)16-19-7-10-9(12(18)15-17-14)5-4-6-11(10)13/h4-6H,3,7H2,1-2H3. The number of halogens is 1. The highest BCUT2D eigenvalue weighted by Crippen LogP contribution is 2.22. The molecule has 19 heavy (non-hydrogen) atoms. The van der Waals surface area contributed by atoms with Crippen molar-refractivity contribution in [3.05, 3.63) is 44.2 Å². The van der Waals surface area contributed by atoms with Crippen LogP contribution in [0.5, 0.6) is 0 Å². The topological polar surface area (TPSA) is 87.4 Å². The Morgan fingerprint density at radius 2 is 2.26 bits per heavy atom. The lowest BCUT2D eigenvalue weighted by Crippen LogP contribution is -2.03. The van der Waals surface area contributed by atoms with E-state index in [2.05, 4.69) is 31.1 Å². The zero-order chi connectivity index (χ0) is 14.3. The molecule has 0 aliphatic rings. The van der Waals surface area contributed by atoms with Crippen molar-refractivity contribution in [2.75, 3.05) is 0 Å². The SMILES string of the molecule is CCC(C)=NOCc1c(Br)cccc1C(=O)N=[N+]=[N-]. The number of benzene rings is 1. The lowest BCUT2D eigenvalue weighted by atomic mass is 10.1. The summed E-state index contributed by atoms with van der Waals surface area (Å²) in [5.41, 5.74) is 10.1. The molecule has 6 nitrogen and oxygen atoms in total. The fraction of sp³-hybridized carbons (Fsp3) is 0.333. The highest BCUT2D eigenvalue weighted by Gasteiger charge is 2.13. The monoisotopic (exact) mass is 324 g/mol. The van der Waals surface area contributed by atoms with E-state index in [-0.39, 0.29) is 6.61 Å². The van der Waals surface area contributed by atoms with Crippen LogP contribution in [0.2, 0.25) is 0 Å². The van der Waals surface area contributed by atoms with E-state index in [0.717, 1.165) is 12.1 Å². The van der Waals surface area contributed by atoms with Crippen LogP contribution >= 0.6 is 15.9 Å². The van der Waals surface area contributed by atoms with Crippen LogP contribution in [-0.4, -0.2) is 11.6 Å². The predicted molar refractivity (Wildman–Crippen MR) is 75.8 cm³/mol. The quantitative estimate of drug-likeness (QED) is 0.267. The molecule has 0 heterocycles. The maximum absolute atomic E-state index is 11.6. The Bertz CT molecular complexity index is 551. The molecule has 0 radical (unpaired) electrons. The first-order valence-corrected chi connectivity index (χ1v) is 6.41. The van der Waals surface area contributed by atoms with Gasteiger partial charge in [0.2, 0.25) is 5.91 Å². The van der Waals surface area contributed by atoms with Crippen LogP contribution in [0, 0.1) is 0 Å². The minimum absolute atomic E-state index is 0.126. The minimum atomic E-state index is -0.640. The number of oxime groups is 1. The summed E-state index contributed by atoms with van der Waals surface area (Å²) in [6.45, 7) is 3.95. The molecule has 0 aliphatic heterocycles. The molecule has 1 aromatic carbocycles. The van der Waals surface area contributed by atoms with Gasteiger partial charge in [0.25, 0.3) is 0 Å². The first kappa shape index (κ1) is 15.2. The lowest BCUT2D eigenvalue weighted by molar-refractivity contribution is 0.0988. The Kier molecular flexibility index (Phi) is 6.05. The average molecular weight is 325 g/mol. The Morgan fingerprint density at radius 1 is 1.53 bits per heavy atom. The molecule has 7 heteroatoms. The molecule has 1 aromatic rings. The minimum Gasteiger partial charge on any atom is -0.391 e. The Balaban J connectivity index is 2.98. The number of hydrogen-bond acceptors (Lipinski definition) is 3. The highest BCUT2D eigenvalue weighted by atomic mass is 79.9. The van der Waals surface area contributed by atoms with Crippen LogP contribution < -0.4 is 0 Å². The van der Waals surface area contributed by atoms with E-state index in [1.165, 1.54) is 0 Å². The summed E-state index contributed by atoms with van der Waals surface area (Å²) >= 11 is 3.34. The van der Waals surface area contributed by atoms with Gasteiger partial charge in [0, 0.05) is 20.5 Å². The van der Waals surface area contributed by atoms with Gasteiger partial charge in [-0.05, 0) is 30.1 Å². The van der Waals surface area contributed by atoms with E-state index in [1.54, 1.807) is 18.2 Å². The van der Waals surface area contributed by atoms with Crippen LogP contribution in [0.25, 0.3) is 10.4 Å². The summed E-state index contributed by atoms with van der Waals surface area (Å²) in [7, 11) is 0. The van der Waals surface area contributed by atoms with Crippen molar-refractivity contribution >= 4 is 27.5 Å². The summed E-state index contributed by atoms with van der Waals surface area (Å²) in [6, 6.07) is 5.05. The predicted octanol–water partition coefficient (Wildman–Crippen LogP) is 4.20. The molecule has 0 fully saturated rings. The maximum atomic E-state index is 11.6. The van der Waals surface area contributed by atoms with Gasteiger partial charge >= 0.3 is 0 Å². The van der Waals surface area contributed by atoms with Gasteiger partial charge in [-0.15, -0.1) is 0 Å². The van der Waals surface area contributed by atoms with Gasteiger partial charge in [-0.1, -0.05) is 40.1 Å². The van der Waals surface area contributed by atoms with Gasteiger partial charge in [0.15, 0.2) is 0 Å². The van der Waals surface area contributed by atoms with Gasteiger partial charge in [-0.25, -0.2) is 0 Å². The van der Waals surface area contributed by atoms with Crippen LogP contribution in [0.15, 0.2) is 32.9 Å². The molecule has 0 N–H and O–H groups in total. The molecule has 0 unspecified atom stereocenters. The number of azide groups is 1. The summed E-state index contributed by atoms with van der Waals surface area (Å²) in [6.07, 6.45) is 0.792. The van der Waals surface area contributed by atoms with Gasteiger partial charge in [0.05, 0.1) is 5.71 Å². The molecular formula is C12H13BrN4O2. The van der Waals surface area contributed by atoms with E-state index in [4.69, 9.17) is 10.4 Å². The van der Waals surface area contributed by atoms with Crippen molar-refractivity contribution in [3.63, 3.8) is 0 Å². The normalized spacial score (nSPS) is 10.8. The fourth-order valence-corrected chi connectivity index (χ4v) is 1.75. The van der Waals surface area contributed by atoms with E-state index in [1.807, 2.05) is 13.8 Å². The van der Waals surface area contributed by atoms with E-state index in [9.17, 15) is 4.79 Å². The largest absolute Gasteiger partial charge is 0.391 e. The third-order valence-corrected chi connectivity index (χ3v) is 3.17. The summed E-state index contributed by atoms with van der Waals surface area (Å²) < 4.78 is 0.704. The van der Waals surface area contributed by atoms with Crippen molar-refractivity contribution in [1.82, 2.24) is 0 Å². The maximum Gasteiger partial charge on any atom is 0.249 e. The third-order valence-electron chi connectivity index (χ3n) is 2.43. The van der Waals surface area contributed by atoms with Gasteiger partial charge in [-0.3, -0.25) is 4.79 Å². The second-order valence-corrected chi connectivity index (χ2v) is 4.57. The Labute approximate surface area is 119 Å². The molecule has 0 aromatic heterocycles. The zero-order valence-electron chi connectivity index (χ0n) is 10.6. The molecular weight excluding hydrogens is 312 g/mol. The molecule has 1 amide bonds. The van der Waals surface area contributed by atoms with E-state index < -0.39 is 5.91 Å². The van der Waals surface area contributed by atoms with Crippen molar-refractivity contribution < 1.29 is 9.63 Å². The molecule has 100 valence electrons. The van der Waals surface area contributed by atoms with Crippen LogP contribution in [0.1, 0.15) is 36.2 Å². The number of hydrogen-bond donors (Lipinski definition) is 0. The van der Waals surface area contributed by atoms with Crippen LogP contribution in [-0.2, 0) is 11.4 Å². The number of carbonyl (C=O) groups is 1. The molecule has 0 aliphatic carbocycles. The number of nitrogens with zero attached hydrogens (tertiary/aromatic N) is 4. The third kappa shape index (κ3) is 4.39. The highest BCUT2D eigenvalue weighted by molar-refractivity contribution is 9.10. The van der Waals surface area contributed by atoms with Crippen molar-refractivity contribution in [2.24, 2.45) is 10.3 Å².